The van der Waals surface area contributed by atoms with Crippen molar-refractivity contribution < 1.29 is 0 Å². The quantitative estimate of drug-likeness (QED) is 0.608. The lowest BCUT2D eigenvalue weighted by atomic mass is 10.1. The molecule has 1 heterocycles. The van der Waals surface area contributed by atoms with Crippen LogP contribution in [0.15, 0.2) is 23.0 Å². The summed E-state index contributed by atoms with van der Waals surface area (Å²) < 4.78 is 0. The maximum absolute atomic E-state index is 11.0. The van der Waals surface area contributed by atoms with Crippen LogP contribution in [0, 0.1) is 0 Å². The molecule has 0 saturated heterocycles. The number of benzene rings is 1. The number of hydrogen-bond acceptors (Lipinski definition) is 1. The molecule has 2 aromatic rings. The number of unbranched alkanes of at least 4 members (excludes halogenated alkanes) is 1. The van der Waals surface area contributed by atoms with Gasteiger partial charge in [0.25, 0.3) is 0 Å². The van der Waals surface area contributed by atoms with Crippen LogP contribution < -0.4 is 5.69 Å². The lowest BCUT2D eigenvalue weighted by Gasteiger charge is -1.99. The molecule has 0 aliphatic carbocycles. The van der Waals surface area contributed by atoms with E-state index in [1.54, 1.807) is 0 Å². The van der Waals surface area contributed by atoms with Gasteiger partial charge in [0.05, 0.1) is 11.0 Å². The van der Waals surface area contributed by atoms with E-state index in [-0.39, 0.29) is 5.69 Å². The van der Waals surface area contributed by atoms with Gasteiger partial charge < -0.3 is 9.97 Å². The fraction of sp³-hybridized carbons (Fsp3) is 0.364. The highest BCUT2D eigenvalue weighted by molar-refractivity contribution is 6.17. The third-order valence-corrected chi connectivity index (χ3v) is 2.70. The van der Waals surface area contributed by atoms with Crippen molar-refractivity contribution in [3.8, 4) is 0 Å². The molecule has 0 saturated carbocycles. The number of imidazole rings is 1. The first-order valence-electron chi connectivity index (χ1n) is 5.06. The average molecular weight is 225 g/mol. The van der Waals surface area contributed by atoms with Gasteiger partial charge in [-0.1, -0.05) is 6.07 Å². The van der Waals surface area contributed by atoms with E-state index in [9.17, 15) is 4.79 Å². The molecule has 80 valence electrons. The van der Waals surface area contributed by atoms with Crippen molar-refractivity contribution in [2.45, 2.75) is 19.3 Å². The molecule has 0 aliphatic rings. The monoisotopic (exact) mass is 224 g/mol. The van der Waals surface area contributed by atoms with Gasteiger partial charge in [-0.25, -0.2) is 4.79 Å². The maximum atomic E-state index is 11.0. The Morgan fingerprint density at radius 3 is 2.73 bits per heavy atom. The molecule has 0 bridgehead atoms. The largest absolute Gasteiger partial charge is 0.323 e. The van der Waals surface area contributed by atoms with Crippen LogP contribution in [0.25, 0.3) is 11.0 Å². The standard InChI is InChI=1S/C11H13ClN2O/c12-6-2-1-3-8-4-5-9-10(7-8)14-11(15)13-9/h4-5,7H,1-3,6H2,(H2,13,14,15). The molecule has 1 aromatic heterocycles. The topological polar surface area (TPSA) is 48.6 Å². The predicted octanol–water partition coefficient (Wildman–Crippen LogP) is 2.42. The third kappa shape index (κ3) is 2.42. The maximum Gasteiger partial charge on any atom is 0.323 e. The zero-order valence-electron chi connectivity index (χ0n) is 8.35. The van der Waals surface area contributed by atoms with E-state index in [0.717, 1.165) is 30.3 Å². The van der Waals surface area contributed by atoms with Crippen LogP contribution in [-0.4, -0.2) is 15.8 Å². The van der Waals surface area contributed by atoms with Crippen molar-refractivity contribution in [3.63, 3.8) is 0 Å². The van der Waals surface area contributed by atoms with Crippen molar-refractivity contribution >= 4 is 22.6 Å². The summed E-state index contributed by atoms with van der Waals surface area (Å²) in [7, 11) is 0. The molecule has 1 aromatic carbocycles. The number of aromatic nitrogens is 2. The van der Waals surface area contributed by atoms with Crippen LogP contribution in [0.1, 0.15) is 18.4 Å². The van der Waals surface area contributed by atoms with Crippen LogP contribution in [-0.2, 0) is 6.42 Å². The number of H-pyrrole nitrogens is 2. The van der Waals surface area contributed by atoms with Gasteiger partial charge in [-0.2, -0.15) is 0 Å². The molecule has 0 aliphatic heterocycles. The fourth-order valence-electron chi connectivity index (χ4n) is 1.66. The summed E-state index contributed by atoms with van der Waals surface area (Å²) in [6.07, 6.45) is 3.13. The molecule has 0 spiro atoms. The molecule has 0 atom stereocenters. The van der Waals surface area contributed by atoms with E-state index >= 15 is 0 Å². The second-order valence-corrected chi connectivity index (χ2v) is 3.98. The average Bonchev–Trinajstić information content (AvgIpc) is 2.57. The molecule has 3 nitrogen and oxygen atoms in total. The first-order valence-corrected chi connectivity index (χ1v) is 5.60. The molecule has 2 rings (SSSR count). The zero-order chi connectivity index (χ0) is 10.7. The van der Waals surface area contributed by atoms with Crippen molar-refractivity contribution in [2.24, 2.45) is 0 Å². The Balaban J connectivity index is 2.19. The van der Waals surface area contributed by atoms with E-state index in [1.165, 1.54) is 5.56 Å². The molecular weight excluding hydrogens is 212 g/mol. The van der Waals surface area contributed by atoms with Crippen LogP contribution in [0.2, 0.25) is 0 Å². The van der Waals surface area contributed by atoms with Crippen LogP contribution >= 0.6 is 11.6 Å². The van der Waals surface area contributed by atoms with E-state index in [0.29, 0.717) is 5.88 Å². The number of aromatic amines is 2. The second kappa shape index (κ2) is 4.53. The fourth-order valence-corrected chi connectivity index (χ4v) is 1.85. The molecule has 0 amide bonds. The number of nitrogens with one attached hydrogen (secondary N) is 2. The van der Waals surface area contributed by atoms with E-state index in [2.05, 4.69) is 9.97 Å². The Morgan fingerprint density at radius 1 is 1.13 bits per heavy atom. The number of hydrogen-bond donors (Lipinski definition) is 2. The summed E-state index contributed by atoms with van der Waals surface area (Å²) >= 11 is 5.61. The summed E-state index contributed by atoms with van der Waals surface area (Å²) in [6, 6.07) is 5.99. The van der Waals surface area contributed by atoms with E-state index < -0.39 is 0 Å². The highest BCUT2D eigenvalue weighted by Gasteiger charge is 1.99. The number of halogens is 1. The number of alkyl halides is 1. The number of aryl methyl sites for hydroxylation is 1. The van der Waals surface area contributed by atoms with Crippen molar-refractivity contribution in [3.05, 3.63) is 34.2 Å². The SMILES string of the molecule is O=c1[nH]c2ccc(CCCCCl)cc2[nH]1. The number of rotatable bonds is 4. The van der Waals surface area contributed by atoms with Gasteiger partial charge in [0.2, 0.25) is 0 Å². The van der Waals surface area contributed by atoms with Gasteiger partial charge in [0, 0.05) is 5.88 Å². The summed E-state index contributed by atoms with van der Waals surface area (Å²) in [4.78, 5) is 16.5. The molecular formula is C11H13ClN2O. The lowest BCUT2D eigenvalue weighted by Crippen LogP contribution is -1.99. The molecule has 0 unspecified atom stereocenters. The second-order valence-electron chi connectivity index (χ2n) is 3.61. The van der Waals surface area contributed by atoms with Crippen molar-refractivity contribution in [1.82, 2.24) is 9.97 Å². The molecule has 0 radical (unpaired) electrons. The summed E-state index contributed by atoms with van der Waals surface area (Å²) in [5.41, 5.74) is 2.83. The Bertz CT molecular complexity index is 501. The minimum atomic E-state index is -0.150. The molecule has 2 N–H and O–H groups in total. The van der Waals surface area contributed by atoms with E-state index in [1.807, 2.05) is 18.2 Å². The molecule has 15 heavy (non-hydrogen) atoms. The Labute approximate surface area is 92.5 Å². The van der Waals surface area contributed by atoms with Crippen molar-refractivity contribution in [2.75, 3.05) is 5.88 Å². The minimum Gasteiger partial charge on any atom is -0.306 e. The van der Waals surface area contributed by atoms with Gasteiger partial charge in [-0.05, 0) is 37.0 Å². The normalized spacial score (nSPS) is 11.0. The summed E-state index contributed by atoms with van der Waals surface area (Å²) in [5.74, 6) is 0.712. The van der Waals surface area contributed by atoms with Crippen LogP contribution in [0.3, 0.4) is 0 Å². The lowest BCUT2D eigenvalue weighted by molar-refractivity contribution is 0.800. The van der Waals surface area contributed by atoms with Gasteiger partial charge >= 0.3 is 5.69 Å². The van der Waals surface area contributed by atoms with Gasteiger partial charge in [0.15, 0.2) is 0 Å². The van der Waals surface area contributed by atoms with Gasteiger partial charge in [-0.3, -0.25) is 0 Å². The minimum absolute atomic E-state index is 0.150. The highest BCUT2D eigenvalue weighted by Crippen LogP contribution is 2.12. The highest BCUT2D eigenvalue weighted by atomic mass is 35.5. The smallest absolute Gasteiger partial charge is 0.306 e. The third-order valence-electron chi connectivity index (χ3n) is 2.43. The first-order chi connectivity index (χ1) is 7.29. The summed E-state index contributed by atoms with van der Waals surface area (Å²) in [6.45, 7) is 0. The Kier molecular flexibility index (Phi) is 3.11. The van der Waals surface area contributed by atoms with Crippen LogP contribution in [0.5, 0.6) is 0 Å². The van der Waals surface area contributed by atoms with Gasteiger partial charge in [0.1, 0.15) is 0 Å². The van der Waals surface area contributed by atoms with Crippen molar-refractivity contribution in [1.29, 1.82) is 0 Å². The van der Waals surface area contributed by atoms with Gasteiger partial charge in [-0.15, -0.1) is 11.6 Å². The van der Waals surface area contributed by atoms with Crippen LogP contribution in [0.4, 0.5) is 0 Å². The Morgan fingerprint density at radius 2 is 1.93 bits per heavy atom. The predicted molar refractivity (Wildman–Crippen MR) is 62.6 cm³/mol. The molecule has 4 heteroatoms. The first kappa shape index (κ1) is 10.3. The Hall–Kier alpha value is -1.22. The summed E-state index contributed by atoms with van der Waals surface area (Å²) in [5, 5.41) is 0. The van der Waals surface area contributed by atoms with E-state index in [4.69, 9.17) is 11.6 Å². The number of fused-ring (bicyclic) bond motifs is 1. The molecule has 0 fully saturated rings. The zero-order valence-corrected chi connectivity index (χ0v) is 9.10.